The number of hydrogen-bond donors (Lipinski definition) is 1. The van der Waals surface area contributed by atoms with Gasteiger partial charge in [0.25, 0.3) is 6.01 Å². The minimum absolute atomic E-state index is 0.238. The molecule has 1 heterocycles. The normalized spacial score (nSPS) is 11.1. The summed E-state index contributed by atoms with van der Waals surface area (Å²) >= 11 is 0. The molecule has 3 heteroatoms. The SMILES string of the molecule is Cc1ccc(-c2oc(N)nc2C(C)C)cc1C. The van der Waals surface area contributed by atoms with E-state index < -0.39 is 0 Å². The monoisotopic (exact) mass is 230 g/mol. The third-order valence-corrected chi connectivity index (χ3v) is 2.99. The molecule has 1 aromatic carbocycles. The lowest BCUT2D eigenvalue weighted by molar-refractivity contribution is 0.592. The Morgan fingerprint density at radius 2 is 1.88 bits per heavy atom. The quantitative estimate of drug-likeness (QED) is 0.856. The van der Waals surface area contributed by atoms with Gasteiger partial charge in [0.2, 0.25) is 0 Å². The van der Waals surface area contributed by atoms with Crippen LogP contribution in [0.4, 0.5) is 6.01 Å². The lowest BCUT2D eigenvalue weighted by Gasteiger charge is -2.06. The van der Waals surface area contributed by atoms with Crippen LogP contribution in [0.3, 0.4) is 0 Å². The van der Waals surface area contributed by atoms with E-state index in [1.54, 1.807) is 0 Å². The topological polar surface area (TPSA) is 52.0 Å². The summed E-state index contributed by atoms with van der Waals surface area (Å²) in [6.45, 7) is 8.36. The standard InChI is InChI=1S/C14H18N2O/c1-8(2)12-13(17-14(15)16-12)11-6-5-9(3)10(4)7-11/h5-8H,1-4H3,(H2,15,16). The van der Waals surface area contributed by atoms with E-state index in [0.29, 0.717) is 5.92 Å². The molecule has 2 rings (SSSR count). The van der Waals surface area contributed by atoms with Crippen LogP contribution in [0.25, 0.3) is 11.3 Å². The molecule has 90 valence electrons. The van der Waals surface area contributed by atoms with E-state index in [2.05, 4.69) is 44.8 Å². The van der Waals surface area contributed by atoms with E-state index >= 15 is 0 Å². The lowest BCUT2D eigenvalue weighted by Crippen LogP contribution is -1.92. The Hall–Kier alpha value is -1.77. The molecule has 2 N–H and O–H groups in total. The molecule has 0 spiro atoms. The molecule has 0 bridgehead atoms. The van der Waals surface area contributed by atoms with Crippen molar-refractivity contribution in [2.24, 2.45) is 0 Å². The second kappa shape index (κ2) is 4.24. The van der Waals surface area contributed by atoms with Crippen molar-refractivity contribution in [1.29, 1.82) is 0 Å². The van der Waals surface area contributed by atoms with Gasteiger partial charge in [-0.25, -0.2) is 0 Å². The van der Waals surface area contributed by atoms with Gasteiger partial charge in [0.1, 0.15) is 0 Å². The number of anilines is 1. The van der Waals surface area contributed by atoms with E-state index in [0.717, 1.165) is 17.0 Å². The average Bonchev–Trinajstić information content (AvgIpc) is 2.64. The Bertz CT molecular complexity index is 541. The number of benzene rings is 1. The van der Waals surface area contributed by atoms with Crippen LogP contribution in [0.2, 0.25) is 0 Å². The minimum atomic E-state index is 0.238. The summed E-state index contributed by atoms with van der Waals surface area (Å²) in [5.74, 6) is 1.09. The Labute approximate surface area is 102 Å². The zero-order valence-electron chi connectivity index (χ0n) is 10.7. The maximum Gasteiger partial charge on any atom is 0.292 e. The first-order valence-electron chi connectivity index (χ1n) is 5.83. The van der Waals surface area contributed by atoms with Crippen molar-refractivity contribution in [3.05, 3.63) is 35.0 Å². The van der Waals surface area contributed by atoms with E-state index in [1.165, 1.54) is 11.1 Å². The average molecular weight is 230 g/mol. The molecular weight excluding hydrogens is 212 g/mol. The Kier molecular flexibility index (Phi) is 2.92. The largest absolute Gasteiger partial charge is 0.423 e. The number of aryl methyl sites for hydroxylation is 2. The van der Waals surface area contributed by atoms with Gasteiger partial charge < -0.3 is 10.2 Å². The molecule has 0 aliphatic rings. The van der Waals surface area contributed by atoms with Crippen molar-refractivity contribution in [2.45, 2.75) is 33.6 Å². The van der Waals surface area contributed by atoms with Gasteiger partial charge in [-0.1, -0.05) is 26.0 Å². The van der Waals surface area contributed by atoms with Crippen LogP contribution in [-0.2, 0) is 0 Å². The summed E-state index contributed by atoms with van der Waals surface area (Å²) in [5.41, 5.74) is 10.1. The number of rotatable bonds is 2. The van der Waals surface area contributed by atoms with Gasteiger partial charge in [-0.2, -0.15) is 4.98 Å². The van der Waals surface area contributed by atoms with Gasteiger partial charge in [-0.3, -0.25) is 0 Å². The van der Waals surface area contributed by atoms with Gasteiger partial charge in [0, 0.05) is 5.56 Å². The third kappa shape index (κ3) is 2.18. The molecule has 17 heavy (non-hydrogen) atoms. The summed E-state index contributed by atoms with van der Waals surface area (Å²) in [5, 5.41) is 0. The second-order valence-corrected chi connectivity index (χ2v) is 4.72. The number of nitrogen functional groups attached to an aromatic ring is 1. The lowest BCUT2D eigenvalue weighted by atomic mass is 10.0. The van der Waals surface area contributed by atoms with Gasteiger partial charge in [0.05, 0.1) is 5.69 Å². The number of nitrogens with two attached hydrogens (primary N) is 1. The summed E-state index contributed by atoms with van der Waals surface area (Å²) in [4.78, 5) is 4.25. The highest BCUT2D eigenvalue weighted by Gasteiger charge is 2.16. The van der Waals surface area contributed by atoms with Crippen LogP contribution < -0.4 is 5.73 Å². The molecule has 2 aromatic rings. The van der Waals surface area contributed by atoms with Crippen LogP contribution in [0, 0.1) is 13.8 Å². The molecule has 3 nitrogen and oxygen atoms in total. The fraction of sp³-hybridized carbons (Fsp3) is 0.357. The summed E-state index contributed by atoms with van der Waals surface area (Å²) < 4.78 is 5.52. The van der Waals surface area contributed by atoms with Gasteiger partial charge >= 0.3 is 0 Å². The van der Waals surface area contributed by atoms with Crippen molar-refractivity contribution in [2.75, 3.05) is 5.73 Å². The minimum Gasteiger partial charge on any atom is -0.423 e. The smallest absolute Gasteiger partial charge is 0.292 e. The fourth-order valence-electron chi connectivity index (χ4n) is 1.83. The number of oxazole rings is 1. The molecule has 0 aliphatic carbocycles. The number of aromatic nitrogens is 1. The first kappa shape index (κ1) is 11.7. The second-order valence-electron chi connectivity index (χ2n) is 4.72. The number of hydrogen-bond acceptors (Lipinski definition) is 3. The molecule has 0 amide bonds. The van der Waals surface area contributed by atoms with E-state index in [4.69, 9.17) is 10.2 Å². The molecule has 1 aromatic heterocycles. The van der Waals surface area contributed by atoms with E-state index in [9.17, 15) is 0 Å². The van der Waals surface area contributed by atoms with Gasteiger partial charge in [-0.15, -0.1) is 0 Å². The highest BCUT2D eigenvalue weighted by Crippen LogP contribution is 2.31. The predicted molar refractivity (Wildman–Crippen MR) is 69.9 cm³/mol. The van der Waals surface area contributed by atoms with Crippen molar-refractivity contribution in [3.63, 3.8) is 0 Å². The fourth-order valence-corrected chi connectivity index (χ4v) is 1.83. The molecule has 0 aliphatic heterocycles. The maximum atomic E-state index is 5.64. The Balaban J connectivity index is 2.55. The van der Waals surface area contributed by atoms with Crippen molar-refractivity contribution < 1.29 is 4.42 Å². The third-order valence-electron chi connectivity index (χ3n) is 2.99. The first-order valence-corrected chi connectivity index (χ1v) is 5.83. The molecule has 0 atom stereocenters. The van der Waals surface area contributed by atoms with Crippen LogP contribution >= 0.6 is 0 Å². The molecule has 0 unspecified atom stereocenters. The van der Waals surface area contributed by atoms with Crippen LogP contribution in [0.5, 0.6) is 0 Å². The molecular formula is C14H18N2O. The number of nitrogens with zero attached hydrogens (tertiary/aromatic N) is 1. The zero-order valence-corrected chi connectivity index (χ0v) is 10.7. The van der Waals surface area contributed by atoms with Crippen molar-refractivity contribution in [1.82, 2.24) is 4.98 Å². The van der Waals surface area contributed by atoms with E-state index in [-0.39, 0.29) is 6.01 Å². The highest BCUT2D eigenvalue weighted by atomic mass is 16.4. The van der Waals surface area contributed by atoms with E-state index in [1.807, 2.05) is 6.07 Å². The van der Waals surface area contributed by atoms with Crippen LogP contribution in [0.1, 0.15) is 36.6 Å². The Morgan fingerprint density at radius 3 is 2.47 bits per heavy atom. The van der Waals surface area contributed by atoms with Gasteiger partial charge in [0.15, 0.2) is 5.76 Å². The van der Waals surface area contributed by atoms with Gasteiger partial charge in [-0.05, 0) is 37.0 Å². The summed E-state index contributed by atoms with van der Waals surface area (Å²) in [7, 11) is 0. The van der Waals surface area contributed by atoms with Crippen LogP contribution in [0.15, 0.2) is 22.6 Å². The van der Waals surface area contributed by atoms with Crippen molar-refractivity contribution in [3.8, 4) is 11.3 Å². The predicted octanol–water partition coefficient (Wildman–Crippen LogP) is 3.66. The molecule has 0 fully saturated rings. The molecule has 0 saturated heterocycles. The summed E-state index contributed by atoms with van der Waals surface area (Å²) in [6, 6.07) is 6.49. The molecule has 0 saturated carbocycles. The highest BCUT2D eigenvalue weighted by molar-refractivity contribution is 5.63. The summed E-state index contributed by atoms with van der Waals surface area (Å²) in [6.07, 6.45) is 0. The zero-order chi connectivity index (χ0) is 12.6. The Morgan fingerprint density at radius 1 is 1.18 bits per heavy atom. The van der Waals surface area contributed by atoms with Crippen molar-refractivity contribution >= 4 is 6.01 Å². The first-order chi connectivity index (χ1) is 7.99. The molecule has 0 radical (unpaired) electrons. The maximum absolute atomic E-state index is 5.64. The van der Waals surface area contributed by atoms with Crippen LogP contribution in [-0.4, -0.2) is 4.98 Å².